The maximum atomic E-state index is 13.7. The van der Waals surface area contributed by atoms with E-state index in [9.17, 15) is 21.6 Å². The number of amides is 1. The topological polar surface area (TPSA) is 176 Å². The van der Waals surface area contributed by atoms with Gasteiger partial charge in [0, 0.05) is 14.5 Å². The van der Waals surface area contributed by atoms with Gasteiger partial charge in [0.1, 0.15) is 5.70 Å². The van der Waals surface area contributed by atoms with Gasteiger partial charge in [0.15, 0.2) is 5.84 Å². The van der Waals surface area contributed by atoms with Crippen LogP contribution in [0.15, 0.2) is 139 Å². The summed E-state index contributed by atoms with van der Waals surface area (Å²) >= 11 is 6.54. The number of halogens is 2. The van der Waals surface area contributed by atoms with Crippen LogP contribution >= 0.6 is 31.9 Å². The first-order valence-corrected chi connectivity index (χ1v) is 18.4. The predicted molar refractivity (Wildman–Crippen MR) is 188 cm³/mol. The Morgan fingerprint density at radius 1 is 0.604 bits per heavy atom. The minimum absolute atomic E-state index is 0.0916. The molecule has 242 valence electrons. The molecule has 3 N–H and O–H groups in total. The molecule has 0 fully saturated rings. The number of carbonyl (C=O) groups excluding carboxylic acids is 1. The summed E-state index contributed by atoms with van der Waals surface area (Å²) in [5.41, 5.74) is 4.16. The van der Waals surface area contributed by atoms with Crippen LogP contribution in [0.3, 0.4) is 0 Å². The zero-order valence-corrected chi connectivity index (χ0v) is 29.1. The molecule has 2 heterocycles. The second-order valence-electron chi connectivity index (χ2n) is 9.92. The largest absolute Gasteiger partial charge is 0.297 e. The van der Waals surface area contributed by atoms with E-state index in [-0.39, 0.29) is 27.3 Å². The summed E-state index contributed by atoms with van der Waals surface area (Å²) in [4.78, 5) is 30.4. The third-order valence-corrected chi connectivity index (χ3v) is 10.3. The van der Waals surface area contributed by atoms with Crippen LogP contribution in [0.5, 0.6) is 0 Å². The standard InChI is InChI=1S/C31H22Br2N8O5S2/c32-22-11-15-24(16-12-22)47(43,44)39-30-35-29(36-31(37-30)40-48(45,46)25-17-13-23(33)14-18-25)38-41-27(21-9-5-2-6-10-21)34-26(28(41)42)19-20-7-3-1-4-8-20/h1-19H,(H3,35,36,37,38,39,40)/b26-19+. The first-order valence-electron chi connectivity index (χ1n) is 13.8. The Hall–Kier alpha value is -4.97. The number of hydrogen-bond acceptors (Lipinski definition) is 10. The van der Waals surface area contributed by atoms with Crippen LogP contribution in [0.1, 0.15) is 11.1 Å². The number of carbonyl (C=O) groups is 1. The van der Waals surface area contributed by atoms with Gasteiger partial charge in [-0.15, -0.1) is 0 Å². The van der Waals surface area contributed by atoms with Crippen molar-refractivity contribution in [2.24, 2.45) is 4.99 Å². The van der Waals surface area contributed by atoms with Crippen LogP contribution in [-0.2, 0) is 24.8 Å². The smallest absolute Gasteiger partial charge is 0.265 e. The highest BCUT2D eigenvalue weighted by Gasteiger charge is 2.33. The molecule has 0 radical (unpaired) electrons. The Balaban J connectivity index is 1.40. The number of hydrogen-bond donors (Lipinski definition) is 3. The van der Waals surface area contributed by atoms with Crippen LogP contribution in [0.25, 0.3) is 6.08 Å². The van der Waals surface area contributed by atoms with E-state index in [4.69, 9.17) is 0 Å². The molecule has 48 heavy (non-hydrogen) atoms. The van der Waals surface area contributed by atoms with Gasteiger partial charge in [0.2, 0.25) is 17.8 Å². The second-order valence-corrected chi connectivity index (χ2v) is 15.1. The molecular weight excluding hydrogens is 788 g/mol. The molecule has 13 nitrogen and oxygen atoms in total. The molecule has 0 atom stereocenters. The second kappa shape index (κ2) is 13.6. The molecule has 0 bridgehead atoms. The predicted octanol–water partition coefficient (Wildman–Crippen LogP) is 5.66. The number of hydrazine groups is 1. The lowest BCUT2D eigenvalue weighted by atomic mass is 10.2. The van der Waals surface area contributed by atoms with Crippen molar-refractivity contribution in [1.82, 2.24) is 20.0 Å². The molecule has 0 saturated carbocycles. The van der Waals surface area contributed by atoms with Crippen molar-refractivity contribution in [3.05, 3.63) is 135 Å². The zero-order chi connectivity index (χ0) is 33.9. The summed E-state index contributed by atoms with van der Waals surface area (Å²) in [7, 11) is -8.49. The van der Waals surface area contributed by atoms with Gasteiger partial charge in [0.25, 0.3) is 26.0 Å². The average molecular weight is 811 g/mol. The highest BCUT2D eigenvalue weighted by atomic mass is 79.9. The monoisotopic (exact) mass is 808 g/mol. The van der Waals surface area contributed by atoms with Gasteiger partial charge in [-0.05, 0) is 60.2 Å². The van der Waals surface area contributed by atoms with Crippen molar-refractivity contribution >= 4 is 87.6 Å². The first kappa shape index (κ1) is 33.0. The van der Waals surface area contributed by atoms with Crippen molar-refractivity contribution in [3.63, 3.8) is 0 Å². The number of aromatic nitrogens is 3. The fraction of sp³-hybridized carbons (Fsp3) is 0. The van der Waals surface area contributed by atoms with Gasteiger partial charge in [-0.25, -0.2) is 31.3 Å². The molecule has 1 amide bonds. The van der Waals surface area contributed by atoms with Crippen molar-refractivity contribution < 1.29 is 21.6 Å². The number of nitrogens with one attached hydrogen (secondary N) is 3. The van der Waals surface area contributed by atoms with E-state index in [1.165, 1.54) is 48.5 Å². The third-order valence-electron chi connectivity index (χ3n) is 6.54. The highest BCUT2D eigenvalue weighted by Crippen LogP contribution is 2.25. The Morgan fingerprint density at radius 3 is 1.56 bits per heavy atom. The molecule has 0 aliphatic carbocycles. The Bertz CT molecular complexity index is 2180. The highest BCUT2D eigenvalue weighted by molar-refractivity contribution is 9.10. The molecule has 0 saturated heterocycles. The number of nitrogens with zero attached hydrogens (tertiary/aromatic N) is 5. The fourth-order valence-electron chi connectivity index (χ4n) is 4.31. The lowest BCUT2D eigenvalue weighted by Gasteiger charge is -2.20. The maximum Gasteiger partial charge on any atom is 0.297 e. The number of sulfonamides is 2. The molecule has 4 aromatic carbocycles. The van der Waals surface area contributed by atoms with E-state index < -0.39 is 37.9 Å². The molecule has 0 spiro atoms. The van der Waals surface area contributed by atoms with Crippen LogP contribution in [0.4, 0.5) is 17.8 Å². The first-order chi connectivity index (χ1) is 23.0. The van der Waals surface area contributed by atoms with Crippen LogP contribution < -0.4 is 14.9 Å². The van der Waals surface area contributed by atoms with E-state index in [2.05, 4.69) is 66.7 Å². The van der Waals surface area contributed by atoms with E-state index in [1.807, 2.05) is 30.3 Å². The quantitative estimate of drug-likeness (QED) is 0.151. The summed E-state index contributed by atoms with van der Waals surface area (Å²) in [6.45, 7) is 0. The van der Waals surface area contributed by atoms with Gasteiger partial charge >= 0.3 is 0 Å². The van der Waals surface area contributed by atoms with Gasteiger partial charge in [-0.3, -0.25) is 10.2 Å². The number of amidine groups is 1. The molecule has 1 aliphatic rings. The van der Waals surface area contributed by atoms with Crippen molar-refractivity contribution in [3.8, 4) is 0 Å². The number of rotatable bonds is 10. The van der Waals surface area contributed by atoms with Gasteiger partial charge < -0.3 is 0 Å². The number of benzene rings is 4. The summed E-state index contributed by atoms with van der Waals surface area (Å²) in [5.74, 6) is -1.82. The van der Waals surface area contributed by atoms with Gasteiger partial charge in [0.05, 0.1) is 9.79 Å². The Labute approximate surface area is 292 Å². The van der Waals surface area contributed by atoms with Crippen LogP contribution in [-0.4, -0.2) is 48.5 Å². The van der Waals surface area contributed by atoms with Gasteiger partial charge in [-0.1, -0.05) is 92.5 Å². The van der Waals surface area contributed by atoms with E-state index in [0.717, 1.165) is 10.6 Å². The average Bonchev–Trinajstić information content (AvgIpc) is 3.35. The molecule has 17 heteroatoms. The van der Waals surface area contributed by atoms with Crippen molar-refractivity contribution in [2.45, 2.75) is 9.79 Å². The maximum absolute atomic E-state index is 13.7. The molecule has 6 rings (SSSR count). The number of aliphatic imine (C=N–C) groups is 1. The lowest BCUT2D eigenvalue weighted by molar-refractivity contribution is -0.121. The van der Waals surface area contributed by atoms with Crippen molar-refractivity contribution in [1.29, 1.82) is 0 Å². The third kappa shape index (κ3) is 7.60. The van der Waals surface area contributed by atoms with E-state index in [0.29, 0.717) is 14.5 Å². The molecule has 0 unspecified atom stereocenters. The van der Waals surface area contributed by atoms with Crippen LogP contribution in [0.2, 0.25) is 0 Å². The lowest BCUT2D eigenvalue weighted by Crippen LogP contribution is -2.38. The molecule has 1 aromatic heterocycles. The van der Waals surface area contributed by atoms with Crippen molar-refractivity contribution in [2.75, 3.05) is 14.9 Å². The number of anilines is 3. The van der Waals surface area contributed by atoms with Gasteiger partial charge in [-0.2, -0.15) is 20.0 Å². The summed E-state index contributed by atoms with van der Waals surface area (Å²) in [5, 5.41) is 1.08. The van der Waals surface area contributed by atoms with Crippen LogP contribution in [0, 0.1) is 0 Å². The van der Waals surface area contributed by atoms with E-state index >= 15 is 0 Å². The Morgan fingerprint density at radius 2 is 1.06 bits per heavy atom. The van der Waals surface area contributed by atoms with E-state index in [1.54, 1.807) is 36.4 Å². The molecule has 5 aromatic rings. The molecule has 1 aliphatic heterocycles. The summed E-state index contributed by atoms with van der Waals surface area (Å²) in [6, 6.07) is 29.5. The zero-order valence-electron chi connectivity index (χ0n) is 24.3. The normalized spacial score (nSPS) is 14.1. The molecular formula is C31H22Br2N8O5S2. The minimum atomic E-state index is -4.25. The summed E-state index contributed by atoms with van der Waals surface area (Å²) < 4.78 is 58.8. The summed E-state index contributed by atoms with van der Waals surface area (Å²) in [6.07, 6.45) is 1.61. The minimum Gasteiger partial charge on any atom is -0.265 e. The SMILES string of the molecule is O=C1/C(=C\c2ccccc2)N=C(c2ccccc2)N1Nc1nc(NS(=O)(=O)c2ccc(Br)cc2)nc(NS(=O)(=O)c2ccc(Br)cc2)n1. The Kier molecular flexibility index (Phi) is 9.36. The fourth-order valence-corrected chi connectivity index (χ4v) is 6.73.